The fourth-order valence-electron chi connectivity index (χ4n) is 3.62. The quantitative estimate of drug-likeness (QED) is 0.447. The minimum atomic E-state index is -1.94. The summed E-state index contributed by atoms with van der Waals surface area (Å²) < 4.78 is 0. The fourth-order valence-corrected chi connectivity index (χ4v) is 7.97. The summed E-state index contributed by atoms with van der Waals surface area (Å²) >= 11 is 0. The highest BCUT2D eigenvalue weighted by Gasteiger charge is 2.46. The van der Waals surface area contributed by atoms with Crippen molar-refractivity contribution in [2.45, 2.75) is 25.9 Å². The lowest BCUT2D eigenvalue weighted by Crippen LogP contribution is -2.36. The number of rotatable bonds is 8. The van der Waals surface area contributed by atoms with Crippen LogP contribution in [0.5, 0.6) is 0 Å². The average Bonchev–Trinajstić information content (AvgIpc) is 2.74. The summed E-state index contributed by atoms with van der Waals surface area (Å²) in [5.41, 5.74) is 0. The van der Waals surface area contributed by atoms with Gasteiger partial charge in [-0.15, -0.1) is 0 Å². The van der Waals surface area contributed by atoms with Gasteiger partial charge in [0, 0.05) is 0 Å². The molecule has 27 heavy (non-hydrogen) atoms. The highest BCUT2D eigenvalue weighted by atomic mass is 31.2. The van der Waals surface area contributed by atoms with Crippen molar-refractivity contribution in [2.75, 3.05) is 6.16 Å². The summed E-state index contributed by atoms with van der Waals surface area (Å²) in [6.07, 6.45) is 6.32. The smallest absolute Gasteiger partial charge is 0.114 e. The van der Waals surface area contributed by atoms with Crippen LogP contribution in [0.4, 0.5) is 0 Å². The summed E-state index contributed by atoms with van der Waals surface area (Å²) in [5.74, 6) is 0. The van der Waals surface area contributed by atoms with Gasteiger partial charge in [-0.25, -0.2) is 0 Å². The molecule has 0 aliphatic rings. The maximum atomic E-state index is 11.0. The van der Waals surface area contributed by atoms with E-state index in [0.29, 0.717) is 6.42 Å². The highest BCUT2D eigenvalue weighted by Crippen LogP contribution is 2.55. The van der Waals surface area contributed by atoms with Crippen molar-refractivity contribution in [2.24, 2.45) is 0 Å². The Labute approximate surface area is 163 Å². The van der Waals surface area contributed by atoms with E-state index in [9.17, 15) is 5.11 Å². The van der Waals surface area contributed by atoms with Crippen molar-refractivity contribution in [3.63, 3.8) is 0 Å². The fraction of sp³-hybridized carbons (Fsp3) is 0.200. The van der Waals surface area contributed by atoms with Crippen LogP contribution in [0.15, 0.2) is 103 Å². The SMILES string of the molecule is CC/C=C/CC(O)C[P+](c1ccccc1)(c1ccccc1)c1ccccc1. The predicted molar refractivity (Wildman–Crippen MR) is 120 cm³/mol. The van der Waals surface area contributed by atoms with Gasteiger partial charge in [-0.2, -0.15) is 0 Å². The van der Waals surface area contributed by atoms with Crippen molar-refractivity contribution >= 4 is 23.2 Å². The predicted octanol–water partition coefficient (Wildman–Crippen LogP) is 4.70. The van der Waals surface area contributed by atoms with E-state index in [4.69, 9.17) is 0 Å². The molecule has 3 rings (SSSR count). The Morgan fingerprint density at radius 3 is 1.48 bits per heavy atom. The number of benzene rings is 3. The monoisotopic (exact) mass is 375 g/mol. The first-order valence-corrected chi connectivity index (χ1v) is 11.6. The molecule has 0 saturated carbocycles. The molecular weight excluding hydrogens is 347 g/mol. The van der Waals surface area contributed by atoms with Crippen molar-refractivity contribution < 1.29 is 5.11 Å². The molecule has 0 amide bonds. The van der Waals surface area contributed by atoms with Crippen LogP contribution in [-0.4, -0.2) is 17.4 Å². The van der Waals surface area contributed by atoms with Gasteiger partial charge in [0.2, 0.25) is 0 Å². The molecule has 0 fully saturated rings. The molecular formula is C25H28OP+. The molecule has 0 saturated heterocycles. The molecule has 3 aromatic carbocycles. The third-order valence-electron chi connectivity index (χ3n) is 4.89. The largest absolute Gasteiger partial charge is 0.389 e. The Hall–Kier alpha value is -2.21. The van der Waals surface area contributed by atoms with Crippen molar-refractivity contribution in [1.82, 2.24) is 0 Å². The van der Waals surface area contributed by atoms with Gasteiger partial charge in [0.25, 0.3) is 0 Å². The first kappa shape index (κ1) is 19.5. The van der Waals surface area contributed by atoms with Crippen molar-refractivity contribution in [3.8, 4) is 0 Å². The van der Waals surface area contributed by atoms with E-state index in [1.54, 1.807) is 0 Å². The van der Waals surface area contributed by atoms with Crippen LogP contribution in [0.1, 0.15) is 19.8 Å². The van der Waals surface area contributed by atoms with E-state index < -0.39 is 7.26 Å². The Kier molecular flexibility index (Phi) is 6.98. The number of aliphatic hydroxyl groups is 1. The van der Waals surface area contributed by atoms with Gasteiger partial charge >= 0.3 is 0 Å². The van der Waals surface area contributed by atoms with Gasteiger partial charge in [0.15, 0.2) is 0 Å². The molecule has 1 atom stereocenters. The standard InChI is InChI=1S/C25H28OP/c1-2-3-7-14-22(26)21-27(23-15-8-4-9-16-23,24-17-10-5-11-18-24)25-19-12-6-13-20-25/h3-13,15-20,22,26H,2,14,21H2,1H3/q+1/b7-3+. The van der Waals surface area contributed by atoms with E-state index in [1.165, 1.54) is 15.9 Å². The van der Waals surface area contributed by atoms with Crippen LogP contribution in [0.2, 0.25) is 0 Å². The van der Waals surface area contributed by atoms with Crippen LogP contribution in [0.25, 0.3) is 0 Å². The summed E-state index contributed by atoms with van der Waals surface area (Å²) in [4.78, 5) is 0. The highest BCUT2D eigenvalue weighted by molar-refractivity contribution is 7.95. The maximum absolute atomic E-state index is 11.0. The normalized spacial score (nSPS) is 13.0. The first-order valence-electron chi connectivity index (χ1n) is 9.65. The first-order chi connectivity index (χ1) is 13.3. The summed E-state index contributed by atoms with van der Waals surface area (Å²) in [6.45, 7) is 2.12. The minimum Gasteiger partial charge on any atom is -0.389 e. The Morgan fingerprint density at radius 2 is 1.11 bits per heavy atom. The second-order valence-electron chi connectivity index (χ2n) is 6.77. The van der Waals surface area contributed by atoms with Gasteiger partial charge in [-0.05, 0) is 49.2 Å². The molecule has 0 aliphatic carbocycles. The summed E-state index contributed by atoms with van der Waals surface area (Å²) in [7, 11) is -1.94. The van der Waals surface area contributed by atoms with Gasteiger partial charge in [-0.1, -0.05) is 73.7 Å². The van der Waals surface area contributed by atoms with Crippen molar-refractivity contribution in [1.29, 1.82) is 0 Å². The van der Waals surface area contributed by atoms with E-state index in [1.807, 2.05) is 0 Å². The lowest BCUT2D eigenvalue weighted by molar-refractivity contribution is 0.202. The zero-order valence-electron chi connectivity index (χ0n) is 15.9. The van der Waals surface area contributed by atoms with E-state index in [0.717, 1.165) is 12.6 Å². The molecule has 0 radical (unpaired) electrons. The van der Waals surface area contributed by atoms with Crippen molar-refractivity contribution in [3.05, 3.63) is 103 Å². The van der Waals surface area contributed by atoms with Gasteiger partial charge in [0.1, 0.15) is 23.2 Å². The van der Waals surface area contributed by atoms with Gasteiger partial charge in [0.05, 0.1) is 12.3 Å². The zero-order chi connectivity index (χ0) is 19.0. The van der Waals surface area contributed by atoms with Crippen LogP contribution in [0.3, 0.4) is 0 Å². The second kappa shape index (κ2) is 9.65. The maximum Gasteiger partial charge on any atom is 0.114 e. The Morgan fingerprint density at radius 1 is 0.704 bits per heavy atom. The van der Waals surface area contributed by atoms with Gasteiger partial charge < -0.3 is 5.11 Å². The molecule has 1 N–H and O–H groups in total. The minimum absolute atomic E-state index is 0.373. The second-order valence-corrected chi connectivity index (χ2v) is 10.3. The topological polar surface area (TPSA) is 20.2 Å². The molecule has 0 aliphatic heterocycles. The molecule has 0 heterocycles. The summed E-state index contributed by atoms with van der Waals surface area (Å²) in [6, 6.07) is 32.2. The van der Waals surface area contributed by atoms with E-state index in [-0.39, 0.29) is 6.10 Å². The Balaban J connectivity index is 2.15. The number of hydrogen-bond acceptors (Lipinski definition) is 1. The lowest BCUT2D eigenvalue weighted by Gasteiger charge is -2.29. The molecule has 138 valence electrons. The number of allylic oxidation sites excluding steroid dienone is 1. The zero-order valence-corrected chi connectivity index (χ0v) is 16.8. The average molecular weight is 375 g/mol. The molecule has 2 heteroatoms. The third-order valence-corrected chi connectivity index (χ3v) is 9.39. The molecule has 3 aromatic rings. The Bertz CT molecular complexity index is 731. The number of hydrogen-bond donors (Lipinski definition) is 1. The number of aliphatic hydroxyl groups excluding tert-OH is 1. The van der Waals surface area contributed by atoms with Gasteiger partial charge in [-0.3, -0.25) is 0 Å². The van der Waals surface area contributed by atoms with Crippen LogP contribution >= 0.6 is 7.26 Å². The lowest BCUT2D eigenvalue weighted by atomic mass is 10.2. The summed E-state index contributed by atoms with van der Waals surface area (Å²) in [5, 5.41) is 14.9. The van der Waals surface area contributed by atoms with Crippen LogP contribution in [-0.2, 0) is 0 Å². The molecule has 1 nitrogen and oxygen atoms in total. The third kappa shape index (κ3) is 4.56. The van der Waals surface area contributed by atoms with Crippen LogP contribution in [0, 0.1) is 0 Å². The molecule has 0 bridgehead atoms. The molecule has 0 aromatic heterocycles. The molecule has 1 unspecified atom stereocenters. The van der Waals surface area contributed by atoms with E-state index >= 15 is 0 Å². The van der Waals surface area contributed by atoms with Crippen LogP contribution < -0.4 is 15.9 Å². The molecule has 0 spiro atoms. The van der Waals surface area contributed by atoms with E-state index in [2.05, 4.69) is 110 Å².